The van der Waals surface area contributed by atoms with E-state index in [1.807, 2.05) is 36.4 Å². The third-order valence-electron chi connectivity index (χ3n) is 7.76. The van der Waals surface area contributed by atoms with Gasteiger partial charge in [-0.1, -0.05) is 60.7 Å². The molecule has 2 unspecified atom stereocenters. The second-order valence-electron chi connectivity index (χ2n) is 11.7. The fourth-order valence-electron chi connectivity index (χ4n) is 5.42. The summed E-state index contributed by atoms with van der Waals surface area (Å²) in [6.07, 6.45) is -3.41. The van der Waals surface area contributed by atoms with Gasteiger partial charge in [0, 0.05) is 30.7 Å². The van der Waals surface area contributed by atoms with E-state index in [2.05, 4.69) is 60.3 Å². The first-order valence-electron chi connectivity index (χ1n) is 15.2. The first-order valence-corrected chi connectivity index (χ1v) is 15.2. The van der Waals surface area contributed by atoms with E-state index < -0.39 is 24.3 Å². The smallest absolute Gasteiger partial charge is 0.490 e. The number of alkyl halides is 6. The van der Waals surface area contributed by atoms with Crippen LogP contribution >= 0.6 is 0 Å². The van der Waals surface area contributed by atoms with Gasteiger partial charge in [-0.25, -0.2) is 14.0 Å². The van der Waals surface area contributed by atoms with Gasteiger partial charge in [-0.15, -0.1) is 0 Å². The van der Waals surface area contributed by atoms with Crippen LogP contribution in [0.5, 0.6) is 5.75 Å². The van der Waals surface area contributed by atoms with Crippen LogP contribution in [-0.4, -0.2) is 83.6 Å². The van der Waals surface area contributed by atoms with Crippen LogP contribution < -0.4 is 4.74 Å². The van der Waals surface area contributed by atoms with Gasteiger partial charge in [0.15, 0.2) is 0 Å². The highest BCUT2D eigenvalue weighted by atomic mass is 19.4. The number of benzene rings is 3. The van der Waals surface area contributed by atoms with Crippen LogP contribution in [-0.2, 0) is 16.1 Å². The molecule has 0 spiro atoms. The highest BCUT2D eigenvalue weighted by Gasteiger charge is 2.39. The number of fused-ring (bicyclic) bond motifs is 2. The third kappa shape index (κ3) is 12.2. The van der Waals surface area contributed by atoms with E-state index in [4.69, 9.17) is 24.5 Å². The largest absolute Gasteiger partial charge is 0.494 e. The highest BCUT2D eigenvalue weighted by Crippen LogP contribution is 2.40. The maximum Gasteiger partial charge on any atom is 0.490 e. The maximum atomic E-state index is 15.0. The van der Waals surface area contributed by atoms with Gasteiger partial charge in [-0.3, -0.25) is 4.90 Å². The van der Waals surface area contributed by atoms with Crippen LogP contribution in [0.15, 0.2) is 78.9 Å². The summed E-state index contributed by atoms with van der Waals surface area (Å²) >= 11 is 0. The summed E-state index contributed by atoms with van der Waals surface area (Å²) in [4.78, 5) is 22.6. The molecule has 2 aliphatic rings. The van der Waals surface area contributed by atoms with Crippen molar-refractivity contribution in [2.75, 3.05) is 27.2 Å². The van der Waals surface area contributed by atoms with Gasteiger partial charge in [-0.2, -0.15) is 26.3 Å². The summed E-state index contributed by atoms with van der Waals surface area (Å²) in [6, 6.07) is 25.0. The maximum absolute atomic E-state index is 15.0. The van der Waals surface area contributed by atoms with Gasteiger partial charge < -0.3 is 19.8 Å². The lowest BCUT2D eigenvalue weighted by molar-refractivity contribution is -0.193. The zero-order chi connectivity index (χ0) is 36.4. The van der Waals surface area contributed by atoms with E-state index >= 15 is 0 Å². The Morgan fingerprint density at radius 3 is 1.96 bits per heavy atom. The predicted molar refractivity (Wildman–Crippen MR) is 169 cm³/mol. The predicted octanol–water partition coefficient (Wildman–Crippen LogP) is 7.91. The van der Waals surface area contributed by atoms with E-state index in [0.717, 1.165) is 49.4 Å². The molecule has 3 aromatic carbocycles. The first kappa shape index (κ1) is 39.0. The van der Waals surface area contributed by atoms with Crippen LogP contribution in [0.4, 0.5) is 30.7 Å². The Bertz CT molecular complexity index is 1540. The minimum Gasteiger partial charge on any atom is -0.494 e. The normalized spacial score (nSPS) is 17.3. The van der Waals surface area contributed by atoms with Crippen LogP contribution in [0.25, 0.3) is 16.7 Å². The number of carboxylic acids is 2. The molecule has 0 radical (unpaired) electrons. The lowest BCUT2D eigenvalue weighted by Gasteiger charge is -2.34. The number of rotatable bonds is 9. The molecule has 3 aromatic rings. The van der Waals surface area contributed by atoms with Crippen LogP contribution in [0.1, 0.15) is 36.8 Å². The Morgan fingerprint density at radius 1 is 0.857 bits per heavy atom. The van der Waals surface area contributed by atoms with Crippen molar-refractivity contribution < 1.29 is 55.3 Å². The van der Waals surface area contributed by atoms with E-state index in [-0.39, 0.29) is 5.82 Å². The number of nitrogens with zero attached hydrogens (tertiary/aromatic N) is 2. The minimum atomic E-state index is -5.08. The third-order valence-corrected chi connectivity index (χ3v) is 7.76. The Balaban J connectivity index is 0.000000392. The molecule has 5 rings (SSSR count). The summed E-state index contributed by atoms with van der Waals surface area (Å²) in [6.45, 7) is 2.73. The number of ether oxygens (including phenoxy) is 1. The van der Waals surface area contributed by atoms with Gasteiger partial charge in [-0.05, 0) is 80.2 Å². The van der Waals surface area contributed by atoms with Gasteiger partial charge in [0.25, 0.3) is 0 Å². The van der Waals surface area contributed by atoms with Crippen molar-refractivity contribution in [3.8, 4) is 16.9 Å². The SMILES string of the molecule is CN(C)CCCOc1ccc(CN2C3C=C(c4ccc(-c5ccccc5)c(F)c4)CC2CC3)cc1.O=C(O)C(F)(F)F.O=C(O)C(F)(F)F. The molecule has 2 bridgehead atoms. The summed E-state index contributed by atoms with van der Waals surface area (Å²) in [5.74, 6) is -4.72. The van der Waals surface area contributed by atoms with E-state index in [1.165, 1.54) is 24.0 Å². The molecule has 7 nitrogen and oxygen atoms in total. The number of carboxylic acid groups (broad SMARTS) is 2. The summed E-state index contributed by atoms with van der Waals surface area (Å²) < 4.78 is 84.3. The number of aliphatic carboxylic acids is 2. The molecule has 266 valence electrons. The lowest BCUT2D eigenvalue weighted by Crippen LogP contribution is -2.37. The second kappa shape index (κ2) is 17.3. The van der Waals surface area contributed by atoms with Crippen molar-refractivity contribution in [2.24, 2.45) is 0 Å². The average molecular weight is 699 g/mol. The Morgan fingerprint density at radius 2 is 1.45 bits per heavy atom. The topological polar surface area (TPSA) is 90.3 Å². The quantitative estimate of drug-likeness (QED) is 0.174. The lowest BCUT2D eigenvalue weighted by atomic mass is 9.92. The molecule has 1 saturated heterocycles. The summed E-state index contributed by atoms with van der Waals surface area (Å²) in [7, 11) is 4.17. The first-order chi connectivity index (χ1) is 23.0. The van der Waals surface area contributed by atoms with Gasteiger partial charge >= 0.3 is 24.3 Å². The van der Waals surface area contributed by atoms with Crippen LogP contribution in [0, 0.1) is 5.82 Å². The Kier molecular flexibility index (Phi) is 13.8. The zero-order valence-electron chi connectivity index (χ0n) is 26.8. The highest BCUT2D eigenvalue weighted by molar-refractivity contribution is 5.74. The zero-order valence-corrected chi connectivity index (χ0v) is 26.8. The average Bonchev–Trinajstić information content (AvgIpc) is 3.25. The fourth-order valence-corrected chi connectivity index (χ4v) is 5.42. The van der Waals surface area contributed by atoms with Crippen LogP contribution in [0.3, 0.4) is 0 Å². The van der Waals surface area contributed by atoms with Gasteiger partial charge in [0.1, 0.15) is 11.6 Å². The fraction of sp³-hybridized carbons (Fsp3) is 0.371. The van der Waals surface area contributed by atoms with E-state index in [9.17, 15) is 30.7 Å². The molecule has 2 heterocycles. The molecule has 49 heavy (non-hydrogen) atoms. The van der Waals surface area contributed by atoms with Crippen molar-refractivity contribution in [1.29, 1.82) is 0 Å². The second-order valence-corrected chi connectivity index (χ2v) is 11.7. The van der Waals surface area contributed by atoms with Crippen molar-refractivity contribution in [3.63, 3.8) is 0 Å². The molecule has 0 amide bonds. The van der Waals surface area contributed by atoms with E-state index in [0.29, 0.717) is 17.6 Å². The molecule has 0 aromatic heterocycles. The molecule has 2 N–H and O–H groups in total. The van der Waals surface area contributed by atoms with E-state index in [1.54, 1.807) is 6.07 Å². The van der Waals surface area contributed by atoms with Crippen molar-refractivity contribution in [3.05, 3.63) is 95.8 Å². The van der Waals surface area contributed by atoms with Crippen LogP contribution in [0.2, 0.25) is 0 Å². The number of halogens is 7. The molecule has 14 heteroatoms. The summed E-state index contributed by atoms with van der Waals surface area (Å²) in [5.41, 5.74) is 5.21. The molecule has 1 fully saturated rings. The van der Waals surface area contributed by atoms with Crippen molar-refractivity contribution in [1.82, 2.24) is 9.80 Å². The molecular formula is C35H37F7N2O5. The monoisotopic (exact) mass is 698 g/mol. The molecule has 2 aliphatic heterocycles. The van der Waals surface area contributed by atoms with Gasteiger partial charge in [0.05, 0.1) is 6.61 Å². The summed E-state index contributed by atoms with van der Waals surface area (Å²) in [5, 5.41) is 14.2. The Labute approximate surface area is 279 Å². The standard InChI is InChI=1S/C31H35FN2O.2C2HF3O2/c1-33(2)17-6-18-35-29-14-9-23(10-15-29)22-34-27-12-13-28(34)20-26(19-27)25-11-16-30(31(32)21-25)24-7-4-3-5-8-24;2*3-2(4,5)1(6)7/h3-5,7-11,14-16,19,21,27-28H,6,12-13,17-18,20,22H2,1-2H3;2*(H,6,7). The molecule has 2 atom stereocenters. The number of hydrogen-bond donors (Lipinski definition) is 2. The molecule has 0 saturated carbocycles. The number of hydrogen-bond acceptors (Lipinski definition) is 5. The van der Waals surface area contributed by atoms with Gasteiger partial charge in [0.2, 0.25) is 0 Å². The molecular weight excluding hydrogens is 661 g/mol. The van der Waals surface area contributed by atoms with Crippen molar-refractivity contribution >= 4 is 17.5 Å². The Hall–Kier alpha value is -4.43. The van der Waals surface area contributed by atoms with Crippen molar-refractivity contribution in [2.45, 2.75) is 56.7 Å². The molecule has 0 aliphatic carbocycles. The number of carbonyl (C=O) groups is 2. The minimum absolute atomic E-state index is 0.145.